The van der Waals surface area contributed by atoms with E-state index in [0.29, 0.717) is 27.1 Å². The molecule has 0 fully saturated rings. The van der Waals surface area contributed by atoms with E-state index in [4.69, 9.17) is 9.40 Å². The molecule has 1 N–H and O–H groups in total. The highest BCUT2D eigenvalue weighted by Crippen LogP contribution is 2.34. The maximum atomic E-state index is 12.5. The molecule has 4 heterocycles. The number of aromatic nitrogens is 3. The SMILES string of the molecule is Cc1ccc(-c2nc3[nH]c(Br)cc(=O)c3cc2-c2ccc3ncccc3c2)o1. The lowest BCUT2D eigenvalue weighted by atomic mass is 9.99. The van der Waals surface area contributed by atoms with Crippen LogP contribution in [0.5, 0.6) is 0 Å². The molecule has 4 aromatic heterocycles. The van der Waals surface area contributed by atoms with Gasteiger partial charge in [0.05, 0.1) is 15.5 Å². The number of aryl methyl sites for hydroxylation is 1. The molecule has 0 spiro atoms. The Balaban J connectivity index is 1.85. The van der Waals surface area contributed by atoms with Crippen molar-refractivity contribution in [3.05, 3.63) is 81.4 Å². The lowest BCUT2D eigenvalue weighted by Gasteiger charge is -2.10. The molecule has 5 rings (SSSR count). The van der Waals surface area contributed by atoms with Crippen LogP contribution in [0.3, 0.4) is 0 Å². The molecule has 0 amide bonds. The van der Waals surface area contributed by atoms with E-state index in [1.54, 1.807) is 6.20 Å². The second-order valence-electron chi connectivity index (χ2n) is 6.58. The molecule has 0 aliphatic heterocycles. The molecular weight excluding hydrogens is 418 g/mol. The molecule has 28 heavy (non-hydrogen) atoms. The zero-order valence-electron chi connectivity index (χ0n) is 14.9. The summed E-state index contributed by atoms with van der Waals surface area (Å²) in [5, 5.41) is 1.54. The van der Waals surface area contributed by atoms with Gasteiger partial charge >= 0.3 is 0 Å². The predicted molar refractivity (Wildman–Crippen MR) is 113 cm³/mol. The summed E-state index contributed by atoms with van der Waals surface area (Å²) < 4.78 is 6.44. The number of aromatic amines is 1. The van der Waals surface area contributed by atoms with E-state index >= 15 is 0 Å². The Hall–Kier alpha value is -3.25. The van der Waals surface area contributed by atoms with E-state index in [9.17, 15) is 4.79 Å². The molecule has 6 heteroatoms. The van der Waals surface area contributed by atoms with Gasteiger partial charge in [0, 0.05) is 23.2 Å². The van der Waals surface area contributed by atoms with Crippen molar-refractivity contribution < 1.29 is 4.42 Å². The van der Waals surface area contributed by atoms with Crippen molar-refractivity contribution in [1.29, 1.82) is 0 Å². The largest absolute Gasteiger partial charge is 0.460 e. The van der Waals surface area contributed by atoms with Gasteiger partial charge in [-0.25, -0.2) is 4.98 Å². The molecule has 5 nitrogen and oxygen atoms in total. The lowest BCUT2D eigenvalue weighted by molar-refractivity contribution is 0.547. The first-order valence-corrected chi connectivity index (χ1v) is 9.53. The molecule has 5 aromatic rings. The zero-order valence-corrected chi connectivity index (χ0v) is 16.4. The van der Waals surface area contributed by atoms with Crippen LogP contribution in [0.25, 0.3) is 44.5 Å². The Morgan fingerprint density at radius 2 is 1.96 bits per heavy atom. The fourth-order valence-corrected chi connectivity index (χ4v) is 3.75. The minimum absolute atomic E-state index is 0.0981. The van der Waals surface area contributed by atoms with Gasteiger partial charge < -0.3 is 9.40 Å². The van der Waals surface area contributed by atoms with Gasteiger partial charge in [-0.2, -0.15) is 0 Å². The highest BCUT2D eigenvalue weighted by molar-refractivity contribution is 9.10. The number of pyridine rings is 3. The normalized spacial score (nSPS) is 11.4. The van der Waals surface area contributed by atoms with Crippen LogP contribution in [0.1, 0.15) is 5.76 Å². The Morgan fingerprint density at radius 1 is 1.07 bits per heavy atom. The number of furan rings is 1. The Morgan fingerprint density at radius 3 is 2.79 bits per heavy atom. The fraction of sp³-hybridized carbons (Fsp3) is 0.0455. The third-order valence-corrected chi connectivity index (χ3v) is 5.10. The minimum Gasteiger partial charge on any atom is -0.460 e. The number of H-pyrrole nitrogens is 1. The summed E-state index contributed by atoms with van der Waals surface area (Å²) in [6.07, 6.45) is 1.77. The monoisotopic (exact) mass is 431 g/mol. The maximum absolute atomic E-state index is 12.5. The molecule has 0 bridgehead atoms. The summed E-state index contributed by atoms with van der Waals surface area (Å²) >= 11 is 3.33. The Kier molecular flexibility index (Phi) is 3.87. The molecule has 0 radical (unpaired) electrons. The first-order valence-electron chi connectivity index (χ1n) is 8.74. The number of benzene rings is 1. The van der Waals surface area contributed by atoms with Crippen molar-refractivity contribution in [3.63, 3.8) is 0 Å². The van der Waals surface area contributed by atoms with Crippen molar-refractivity contribution in [2.45, 2.75) is 6.92 Å². The number of hydrogen-bond acceptors (Lipinski definition) is 4. The van der Waals surface area contributed by atoms with Gasteiger partial charge in [0.1, 0.15) is 17.1 Å². The summed E-state index contributed by atoms with van der Waals surface area (Å²) in [6, 6.07) is 17.1. The fourth-order valence-electron chi connectivity index (χ4n) is 3.35. The Bertz CT molecular complexity index is 1420. The first kappa shape index (κ1) is 16.9. The molecule has 136 valence electrons. The van der Waals surface area contributed by atoms with Crippen molar-refractivity contribution in [3.8, 4) is 22.6 Å². The third-order valence-electron chi connectivity index (χ3n) is 4.67. The van der Waals surface area contributed by atoms with Crippen molar-refractivity contribution in [1.82, 2.24) is 15.0 Å². The molecule has 0 aliphatic carbocycles. The average Bonchev–Trinajstić information content (AvgIpc) is 3.13. The van der Waals surface area contributed by atoms with Crippen molar-refractivity contribution in [2.24, 2.45) is 0 Å². The summed E-state index contributed by atoms with van der Waals surface area (Å²) in [6.45, 7) is 1.89. The Labute approximate surface area is 168 Å². The molecule has 0 saturated heterocycles. The van der Waals surface area contributed by atoms with Gasteiger partial charge in [-0.05, 0) is 64.8 Å². The molecule has 0 atom stereocenters. The number of hydrogen-bond donors (Lipinski definition) is 1. The minimum atomic E-state index is -0.0981. The first-order chi connectivity index (χ1) is 13.6. The summed E-state index contributed by atoms with van der Waals surface area (Å²) in [4.78, 5) is 24.8. The van der Waals surface area contributed by atoms with E-state index in [0.717, 1.165) is 27.8 Å². The predicted octanol–water partition coefficient (Wildman–Crippen LogP) is 5.47. The second kappa shape index (κ2) is 6.42. The molecule has 1 aromatic carbocycles. The van der Waals surface area contributed by atoms with Crippen molar-refractivity contribution in [2.75, 3.05) is 0 Å². The lowest BCUT2D eigenvalue weighted by Crippen LogP contribution is -2.04. The summed E-state index contributed by atoms with van der Waals surface area (Å²) in [7, 11) is 0. The molecule has 0 saturated carbocycles. The van der Waals surface area contributed by atoms with E-state index in [2.05, 4.69) is 32.0 Å². The van der Waals surface area contributed by atoms with Gasteiger partial charge in [0.25, 0.3) is 0 Å². The zero-order chi connectivity index (χ0) is 19.3. The standard InChI is InChI=1S/C22H14BrN3O2/c1-12-4-7-19(28-12)21-15(10-16-18(27)11-20(23)25-22(16)26-21)13-5-6-17-14(9-13)3-2-8-24-17/h2-11H,1H3,(H,25,26,27). The van der Waals surface area contributed by atoms with E-state index in [-0.39, 0.29) is 5.43 Å². The highest BCUT2D eigenvalue weighted by atomic mass is 79.9. The van der Waals surface area contributed by atoms with Gasteiger partial charge in [-0.3, -0.25) is 9.78 Å². The molecule has 0 aliphatic rings. The molecular formula is C22H14BrN3O2. The van der Waals surface area contributed by atoms with Crippen molar-refractivity contribution >= 4 is 37.9 Å². The molecule has 0 unspecified atom stereocenters. The van der Waals surface area contributed by atoms with Crippen LogP contribution in [0.4, 0.5) is 0 Å². The van der Waals surface area contributed by atoms with Crippen LogP contribution >= 0.6 is 15.9 Å². The van der Waals surface area contributed by atoms with Gasteiger partial charge in [0.2, 0.25) is 0 Å². The number of nitrogens with one attached hydrogen (secondary N) is 1. The summed E-state index contributed by atoms with van der Waals surface area (Å²) in [5.41, 5.74) is 3.78. The smallest absolute Gasteiger partial charge is 0.192 e. The van der Waals surface area contributed by atoms with E-state index in [1.165, 1.54) is 6.07 Å². The van der Waals surface area contributed by atoms with Gasteiger partial charge in [-0.1, -0.05) is 12.1 Å². The number of nitrogens with zero attached hydrogens (tertiary/aromatic N) is 2. The highest BCUT2D eigenvalue weighted by Gasteiger charge is 2.16. The van der Waals surface area contributed by atoms with Crippen LogP contribution in [-0.4, -0.2) is 15.0 Å². The van der Waals surface area contributed by atoms with Crippen LogP contribution in [0.2, 0.25) is 0 Å². The summed E-state index contributed by atoms with van der Waals surface area (Å²) in [5.74, 6) is 1.45. The van der Waals surface area contributed by atoms with Crippen LogP contribution in [0.15, 0.2) is 74.6 Å². The number of halogens is 1. The second-order valence-corrected chi connectivity index (χ2v) is 7.44. The maximum Gasteiger partial charge on any atom is 0.192 e. The number of fused-ring (bicyclic) bond motifs is 2. The van der Waals surface area contributed by atoms with Crippen LogP contribution in [0, 0.1) is 6.92 Å². The third kappa shape index (κ3) is 2.82. The van der Waals surface area contributed by atoms with Gasteiger partial charge in [-0.15, -0.1) is 0 Å². The van der Waals surface area contributed by atoms with Crippen LogP contribution < -0.4 is 5.43 Å². The van der Waals surface area contributed by atoms with E-state index in [1.807, 2.05) is 49.4 Å². The van der Waals surface area contributed by atoms with Gasteiger partial charge in [0.15, 0.2) is 11.2 Å². The topological polar surface area (TPSA) is 71.8 Å². The number of rotatable bonds is 2. The average molecular weight is 432 g/mol. The quantitative estimate of drug-likeness (QED) is 0.376. The van der Waals surface area contributed by atoms with E-state index < -0.39 is 0 Å². The van der Waals surface area contributed by atoms with Crippen LogP contribution in [-0.2, 0) is 0 Å².